The monoisotopic (exact) mass is 455 g/mol. The molecule has 3 aromatic rings. The van der Waals surface area contributed by atoms with Crippen LogP contribution in [0, 0.1) is 18.6 Å². The van der Waals surface area contributed by atoms with Gasteiger partial charge in [0.15, 0.2) is 5.78 Å². The zero-order chi connectivity index (χ0) is 21.3. The van der Waals surface area contributed by atoms with E-state index in [0.29, 0.717) is 16.7 Å². The first kappa shape index (κ1) is 21.2. The molecule has 3 aromatic carbocycles. The summed E-state index contributed by atoms with van der Waals surface area (Å²) >= 11 is 11.7. The lowest BCUT2D eigenvalue weighted by atomic mass is 9.98. The van der Waals surface area contributed by atoms with E-state index < -0.39 is 27.4 Å². The van der Waals surface area contributed by atoms with Crippen LogP contribution in [0.15, 0.2) is 59.5 Å². The summed E-state index contributed by atoms with van der Waals surface area (Å²) in [5.74, 6) is -2.32. The van der Waals surface area contributed by atoms with Gasteiger partial charge in [-0.15, -0.1) is 0 Å². The Bertz CT molecular complexity index is 1210. The Morgan fingerprint density at radius 1 is 0.931 bits per heavy atom. The Morgan fingerprint density at radius 3 is 2.17 bits per heavy atom. The van der Waals surface area contributed by atoms with Crippen LogP contribution in [0.4, 0.5) is 14.5 Å². The van der Waals surface area contributed by atoms with Crippen molar-refractivity contribution in [2.24, 2.45) is 0 Å². The minimum Gasteiger partial charge on any atom is -0.289 e. The van der Waals surface area contributed by atoms with E-state index in [0.717, 1.165) is 12.1 Å². The molecule has 0 bridgehead atoms. The van der Waals surface area contributed by atoms with E-state index in [1.807, 2.05) is 0 Å². The predicted molar refractivity (Wildman–Crippen MR) is 108 cm³/mol. The number of carbonyl (C=O) groups excluding carboxylic acids is 1. The van der Waals surface area contributed by atoms with Crippen molar-refractivity contribution >= 4 is 44.7 Å². The normalized spacial score (nSPS) is 11.3. The Morgan fingerprint density at radius 2 is 1.59 bits per heavy atom. The molecule has 0 amide bonds. The fraction of sp³-hybridized carbons (Fsp3) is 0.0500. The van der Waals surface area contributed by atoms with Gasteiger partial charge in [0, 0.05) is 27.9 Å². The highest BCUT2D eigenvalue weighted by Gasteiger charge is 2.20. The van der Waals surface area contributed by atoms with Crippen molar-refractivity contribution in [2.45, 2.75) is 11.8 Å². The maximum atomic E-state index is 13.4. The van der Waals surface area contributed by atoms with Gasteiger partial charge < -0.3 is 0 Å². The SMILES string of the molecule is Cc1cc(NS(=O)(=O)c2ccc(Cl)cc2Cl)ccc1C(=O)c1cc(F)cc(F)c1. The molecule has 9 heteroatoms. The first-order chi connectivity index (χ1) is 13.6. The van der Waals surface area contributed by atoms with Gasteiger partial charge in [-0.2, -0.15) is 0 Å². The van der Waals surface area contributed by atoms with Crippen molar-refractivity contribution in [1.82, 2.24) is 0 Å². The van der Waals surface area contributed by atoms with E-state index in [1.54, 1.807) is 6.92 Å². The molecule has 0 saturated carbocycles. The molecule has 1 N–H and O–H groups in total. The largest absolute Gasteiger partial charge is 0.289 e. The molecule has 0 atom stereocenters. The lowest BCUT2D eigenvalue weighted by Gasteiger charge is -2.12. The van der Waals surface area contributed by atoms with Crippen molar-refractivity contribution in [2.75, 3.05) is 4.72 Å². The van der Waals surface area contributed by atoms with Crippen LogP contribution in [0.5, 0.6) is 0 Å². The van der Waals surface area contributed by atoms with Crippen LogP contribution >= 0.6 is 23.2 Å². The van der Waals surface area contributed by atoms with Gasteiger partial charge in [0.2, 0.25) is 0 Å². The fourth-order valence-electron chi connectivity index (χ4n) is 2.73. The minimum atomic E-state index is -4.00. The Kier molecular flexibility index (Phi) is 5.93. The molecule has 0 heterocycles. The molecule has 0 aliphatic heterocycles. The number of aryl methyl sites for hydroxylation is 1. The Balaban J connectivity index is 1.90. The van der Waals surface area contributed by atoms with Crippen LogP contribution in [0.2, 0.25) is 10.0 Å². The number of anilines is 1. The number of carbonyl (C=O) groups is 1. The zero-order valence-corrected chi connectivity index (χ0v) is 17.2. The first-order valence-corrected chi connectivity index (χ1v) is 10.4. The van der Waals surface area contributed by atoms with Gasteiger partial charge in [-0.25, -0.2) is 17.2 Å². The molecule has 0 fully saturated rings. The number of halogens is 4. The Labute approximate surface area is 176 Å². The maximum absolute atomic E-state index is 13.4. The van der Waals surface area contributed by atoms with Crippen molar-refractivity contribution in [1.29, 1.82) is 0 Å². The fourth-order valence-corrected chi connectivity index (χ4v) is 4.55. The maximum Gasteiger partial charge on any atom is 0.263 e. The van der Waals surface area contributed by atoms with Crippen LogP contribution in [0.25, 0.3) is 0 Å². The molecular weight excluding hydrogens is 443 g/mol. The second kappa shape index (κ2) is 8.10. The zero-order valence-electron chi connectivity index (χ0n) is 14.8. The second-order valence-electron chi connectivity index (χ2n) is 6.20. The average Bonchev–Trinajstić information content (AvgIpc) is 2.59. The number of hydrogen-bond donors (Lipinski definition) is 1. The molecule has 0 spiro atoms. The summed E-state index contributed by atoms with van der Waals surface area (Å²) in [7, 11) is -4.00. The summed E-state index contributed by atoms with van der Waals surface area (Å²) in [6, 6.07) is 10.7. The van der Waals surface area contributed by atoms with Crippen LogP contribution < -0.4 is 4.72 Å². The van der Waals surface area contributed by atoms with Gasteiger partial charge in [-0.3, -0.25) is 9.52 Å². The highest BCUT2D eigenvalue weighted by Crippen LogP contribution is 2.27. The van der Waals surface area contributed by atoms with Gasteiger partial charge in [-0.1, -0.05) is 23.2 Å². The molecular formula is C20H13Cl2F2NO3S. The van der Waals surface area contributed by atoms with Crippen molar-refractivity contribution in [3.05, 3.63) is 93.0 Å². The van der Waals surface area contributed by atoms with Crippen molar-refractivity contribution < 1.29 is 22.0 Å². The summed E-state index contributed by atoms with van der Waals surface area (Å²) in [4.78, 5) is 12.4. The quantitative estimate of drug-likeness (QED) is 0.508. The lowest BCUT2D eigenvalue weighted by molar-refractivity contribution is 0.103. The summed E-state index contributed by atoms with van der Waals surface area (Å²) < 4.78 is 54.3. The van der Waals surface area contributed by atoms with Crippen molar-refractivity contribution in [3.63, 3.8) is 0 Å². The van der Waals surface area contributed by atoms with Gasteiger partial charge in [-0.05, 0) is 61.0 Å². The third-order valence-corrected chi connectivity index (χ3v) is 6.13. The number of nitrogens with one attached hydrogen (secondary N) is 1. The molecule has 0 aliphatic rings. The minimum absolute atomic E-state index is 0.0401. The number of ketones is 1. The highest BCUT2D eigenvalue weighted by atomic mass is 35.5. The third kappa shape index (κ3) is 4.75. The smallest absolute Gasteiger partial charge is 0.263 e. The molecule has 4 nitrogen and oxygen atoms in total. The Hall–Kier alpha value is -2.48. The third-order valence-electron chi connectivity index (χ3n) is 4.03. The topological polar surface area (TPSA) is 63.2 Å². The van der Waals surface area contributed by atoms with Crippen molar-refractivity contribution in [3.8, 4) is 0 Å². The van der Waals surface area contributed by atoms with Gasteiger partial charge in [0.25, 0.3) is 10.0 Å². The van der Waals surface area contributed by atoms with Crippen LogP contribution in [0.3, 0.4) is 0 Å². The molecule has 3 rings (SSSR count). The van der Waals surface area contributed by atoms with E-state index in [-0.39, 0.29) is 26.7 Å². The summed E-state index contributed by atoms with van der Waals surface area (Å²) in [6.07, 6.45) is 0. The number of sulfonamides is 1. The summed E-state index contributed by atoms with van der Waals surface area (Å²) in [6.45, 7) is 1.58. The average molecular weight is 456 g/mol. The predicted octanol–water partition coefficient (Wildman–Crippen LogP) is 5.61. The molecule has 29 heavy (non-hydrogen) atoms. The van der Waals surface area contributed by atoms with Crippen LogP contribution in [-0.4, -0.2) is 14.2 Å². The van der Waals surface area contributed by atoms with E-state index in [1.165, 1.54) is 36.4 Å². The number of benzene rings is 3. The standard InChI is InChI=1S/C20H13Cl2F2NO3S/c1-11-6-16(25-29(27,28)19-5-2-13(21)9-18(19)22)3-4-17(11)20(26)12-7-14(23)10-15(24)8-12/h2-10,25H,1H3. The van der Waals surface area contributed by atoms with Crippen LogP contribution in [0.1, 0.15) is 21.5 Å². The van der Waals surface area contributed by atoms with E-state index in [9.17, 15) is 22.0 Å². The first-order valence-electron chi connectivity index (χ1n) is 8.16. The summed E-state index contributed by atoms with van der Waals surface area (Å²) in [5.41, 5.74) is 0.645. The molecule has 0 saturated heterocycles. The summed E-state index contributed by atoms with van der Waals surface area (Å²) in [5, 5.41) is 0.253. The number of rotatable bonds is 5. The number of hydrogen-bond acceptors (Lipinski definition) is 3. The molecule has 0 radical (unpaired) electrons. The van der Waals surface area contributed by atoms with Crippen LogP contribution in [-0.2, 0) is 10.0 Å². The van der Waals surface area contributed by atoms with E-state index in [4.69, 9.17) is 23.2 Å². The van der Waals surface area contributed by atoms with E-state index in [2.05, 4.69) is 4.72 Å². The highest BCUT2D eigenvalue weighted by molar-refractivity contribution is 7.92. The van der Waals surface area contributed by atoms with Gasteiger partial charge in [0.05, 0.1) is 5.02 Å². The van der Waals surface area contributed by atoms with E-state index >= 15 is 0 Å². The second-order valence-corrected chi connectivity index (χ2v) is 8.69. The molecule has 0 aliphatic carbocycles. The molecule has 0 unspecified atom stereocenters. The molecule has 150 valence electrons. The lowest BCUT2D eigenvalue weighted by Crippen LogP contribution is -2.14. The molecule has 0 aromatic heterocycles. The van der Waals surface area contributed by atoms with Gasteiger partial charge in [0.1, 0.15) is 16.5 Å². The van der Waals surface area contributed by atoms with Gasteiger partial charge >= 0.3 is 0 Å².